The zero-order chi connectivity index (χ0) is 22.2. The standard InChI is InChI=1S/C26H25N3O2S/c30-26(28-31)10-9-20-5-7-21(8-6-20)17-29(18-23-12-14-32-19-23)13-11-22-15-24-3-1-2-4-25(24)27-16-22/h1-10,12,14-16,19,31H,11,13,17-18H2,(H,28,30). The zero-order valence-electron chi connectivity index (χ0n) is 17.6. The van der Waals surface area contributed by atoms with Crippen molar-refractivity contribution in [2.45, 2.75) is 19.5 Å². The molecule has 4 rings (SSSR count). The van der Waals surface area contributed by atoms with Crippen molar-refractivity contribution in [1.29, 1.82) is 0 Å². The van der Waals surface area contributed by atoms with Crippen LogP contribution in [0.15, 0.2) is 83.7 Å². The number of carbonyl (C=O) groups is 1. The number of nitrogens with one attached hydrogen (secondary N) is 1. The van der Waals surface area contributed by atoms with Gasteiger partial charge in [-0.2, -0.15) is 11.3 Å². The summed E-state index contributed by atoms with van der Waals surface area (Å²) in [7, 11) is 0. The molecule has 0 aliphatic rings. The van der Waals surface area contributed by atoms with Crippen LogP contribution in [0.4, 0.5) is 0 Å². The van der Waals surface area contributed by atoms with E-state index in [-0.39, 0.29) is 0 Å². The molecule has 0 unspecified atom stereocenters. The van der Waals surface area contributed by atoms with Crippen molar-refractivity contribution in [3.63, 3.8) is 0 Å². The van der Waals surface area contributed by atoms with E-state index < -0.39 is 5.91 Å². The van der Waals surface area contributed by atoms with Gasteiger partial charge in [0.15, 0.2) is 0 Å². The highest BCUT2D eigenvalue weighted by Gasteiger charge is 2.09. The second-order valence-corrected chi connectivity index (χ2v) is 8.46. The number of hydroxylamine groups is 1. The molecule has 2 aromatic heterocycles. The monoisotopic (exact) mass is 443 g/mol. The smallest absolute Gasteiger partial charge is 0.267 e. The van der Waals surface area contributed by atoms with Crippen molar-refractivity contribution >= 4 is 34.2 Å². The molecule has 4 aromatic rings. The molecule has 162 valence electrons. The van der Waals surface area contributed by atoms with Crippen molar-refractivity contribution < 1.29 is 10.0 Å². The number of carbonyl (C=O) groups excluding carboxylic acids is 1. The minimum atomic E-state index is -0.542. The van der Waals surface area contributed by atoms with Gasteiger partial charge in [0, 0.05) is 37.3 Å². The summed E-state index contributed by atoms with van der Waals surface area (Å²) in [5, 5.41) is 14.1. The molecule has 0 saturated heterocycles. The molecule has 0 radical (unpaired) electrons. The van der Waals surface area contributed by atoms with E-state index in [4.69, 9.17) is 5.21 Å². The Labute approximate surface area is 191 Å². The molecular formula is C26H25N3O2S. The first-order valence-corrected chi connectivity index (χ1v) is 11.4. The van der Waals surface area contributed by atoms with Gasteiger partial charge in [0.05, 0.1) is 5.52 Å². The Morgan fingerprint density at radius 3 is 2.62 bits per heavy atom. The third-order valence-electron chi connectivity index (χ3n) is 5.27. The first-order valence-electron chi connectivity index (χ1n) is 10.5. The van der Waals surface area contributed by atoms with Crippen molar-refractivity contribution in [2.75, 3.05) is 6.54 Å². The molecule has 32 heavy (non-hydrogen) atoms. The number of benzene rings is 2. The van der Waals surface area contributed by atoms with Crippen molar-refractivity contribution in [3.05, 3.63) is 106 Å². The first kappa shape index (κ1) is 21.9. The number of thiophene rings is 1. The van der Waals surface area contributed by atoms with Crippen LogP contribution in [0.25, 0.3) is 17.0 Å². The van der Waals surface area contributed by atoms with Gasteiger partial charge in [-0.05, 0) is 63.7 Å². The zero-order valence-corrected chi connectivity index (χ0v) is 18.5. The highest BCUT2D eigenvalue weighted by atomic mass is 32.1. The van der Waals surface area contributed by atoms with Crippen LogP contribution in [-0.4, -0.2) is 27.5 Å². The van der Waals surface area contributed by atoms with Crippen molar-refractivity contribution in [2.24, 2.45) is 0 Å². The van der Waals surface area contributed by atoms with Crippen LogP contribution in [-0.2, 0) is 24.3 Å². The molecule has 1 amide bonds. The van der Waals surface area contributed by atoms with Gasteiger partial charge in [-0.15, -0.1) is 0 Å². The van der Waals surface area contributed by atoms with Gasteiger partial charge >= 0.3 is 0 Å². The van der Waals surface area contributed by atoms with Crippen LogP contribution < -0.4 is 5.48 Å². The lowest BCUT2D eigenvalue weighted by molar-refractivity contribution is -0.124. The van der Waals surface area contributed by atoms with Crippen LogP contribution in [0.2, 0.25) is 0 Å². The number of pyridine rings is 1. The maximum Gasteiger partial charge on any atom is 0.267 e. The summed E-state index contributed by atoms with van der Waals surface area (Å²) < 4.78 is 0. The van der Waals surface area contributed by atoms with Gasteiger partial charge in [0.2, 0.25) is 0 Å². The average molecular weight is 444 g/mol. The van der Waals surface area contributed by atoms with Gasteiger partial charge in [0.1, 0.15) is 0 Å². The van der Waals surface area contributed by atoms with Crippen molar-refractivity contribution in [1.82, 2.24) is 15.4 Å². The molecule has 0 fully saturated rings. The Balaban J connectivity index is 1.44. The highest BCUT2D eigenvalue weighted by molar-refractivity contribution is 7.07. The fourth-order valence-electron chi connectivity index (χ4n) is 3.60. The van der Waals surface area contributed by atoms with Crippen LogP contribution in [0.3, 0.4) is 0 Å². The molecule has 2 heterocycles. The van der Waals surface area contributed by atoms with E-state index in [1.165, 1.54) is 28.2 Å². The normalized spacial score (nSPS) is 11.4. The number of hydrogen-bond donors (Lipinski definition) is 2. The van der Waals surface area contributed by atoms with Crippen LogP contribution >= 0.6 is 11.3 Å². The SMILES string of the molecule is O=C(C=Cc1ccc(CN(CCc2cnc3ccccc3c2)Cc2ccsc2)cc1)NO. The highest BCUT2D eigenvalue weighted by Crippen LogP contribution is 2.17. The summed E-state index contributed by atoms with van der Waals surface area (Å²) in [4.78, 5) is 18.2. The van der Waals surface area contributed by atoms with E-state index in [0.29, 0.717) is 0 Å². The number of amides is 1. The number of hydrogen-bond acceptors (Lipinski definition) is 5. The lowest BCUT2D eigenvalue weighted by Crippen LogP contribution is -2.25. The van der Waals surface area contributed by atoms with E-state index in [0.717, 1.165) is 37.1 Å². The lowest BCUT2D eigenvalue weighted by atomic mass is 10.1. The van der Waals surface area contributed by atoms with Crippen LogP contribution in [0.5, 0.6) is 0 Å². The van der Waals surface area contributed by atoms with Crippen molar-refractivity contribution in [3.8, 4) is 0 Å². The summed E-state index contributed by atoms with van der Waals surface area (Å²) in [6.07, 6.45) is 5.88. The summed E-state index contributed by atoms with van der Waals surface area (Å²) in [5.41, 5.74) is 7.29. The van der Waals surface area contributed by atoms with Gasteiger partial charge in [-0.3, -0.25) is 19.9 Å². The minimum Gasteiger partial charge on any atom is -0.294 e. The minimum absolute atomic E-state index is 0.542. The maximum atomic E-state index is 11.2. The fourth-order valence-corrected chi connectivity index (χ4v) is 4.26. The topological polar surface area (TPSA) is 65.5 Å². The molecule has 2 N–H and O–H groups in total. The second-order valence-electron chi connectivity index (χ2n) is 7.68. The Kier molecular flexibility index (Phi) is 7.40. The van der Waals surface area contributed by atoms with Crippen LogP contribution in [0, 0.1) is 0 Å². The first-order chi connectivity index (χ1) is 15.7. The second kappa shape index (κ2) is 10.8. The number of fused-ring (bicyclic) bond motifs is 1. The van der Waals surface area contributed by atoms with Crippen LogP contribution in [0.1, 0.15) is 22.3 Å². The molecule has 0 atom stereocenters. The number of aromatic nitrogens is 1. The summed E-state index contributed by atoms with van der Waals surface area (Å²) in [6.45, 7) is 2.65. The maximum absolute atomic E-state index is 11.2. The average Bonchev–Trinajstić information content (AvgIpc) is 3.35. The Morgan fingerprint density at radius 1 is 1.03 bits per heavy atom. The Morgan fingerprint density at radius 2 is 1.84 bits per heavy atom. The fraction of sp³-hybridized carbons (Fsp3) is 0.154. The molecule has 2 aromatic carbocycles. The van der Waals surface area contributed by atoms with E-state index in [1.807, 2.05) is 36.5 Å². The number of nitrogens with zero attached hydrogens (tertiary/aromatic N) is 2. The van der Waals surface area contributed by atoms with E-state index in [1.54, 1.807) is 22.9 Å². The lowest BCUT2D eigenvalue weighted by Gasteiger charge is -2.22. The third-order valence-corrected chi connectivity index (χ3v) is 6.01. The van der Waals surface area contributed by atoms with E-state index in [2.05, 4.69) is 51.0 Å². The quantitative estimate of drug-likeness (QED) is 0.216. The van der Waals surface area contributed by atoms with Gasteiger partial charge in [0.25, 0.3) is 5.91 Å². The third kappa shape index (κ3) is 6.11. The molecule has 0 bridgehead atoms. The Hall–Kier alpha value is -3.32. The van der Waals surface area contributed by atoms with E-state index >= 15 is 0 Å². The largest absolute Gasteiger partial charge is 0.294 e. The summed E-state index contributed by atoms with van der Waals surface area (Å²) in [5.74, 6) is -0.542. The van der Waals surface area contributed by atoms with Gasteiger partial charge in [-0.25, -0.2) is 5.48 Å². The summed E-state index contributed by atoms with van der Waals surface area (Å²) in [6, 6.07) is 20.7. The number of para-hydroxylation sites is 1. The molecule has 0 aliphatic carbocycles. The molecule has 0 spiro atoms. The predicted octanol–water partition coefficient (Wildman–Crippen LogP) is 5.06. The molecule has 6 heteroatoms. The molecule has 0 aliphatic heterocycles. The van der Waals surface area contributed by atoms with Gasteiger partial charge < -0.3 is 0 Å². The van der Waals surface area contributed by atoms with E-state index in [9.17, 15) is 4.79 Å². The molecule has 0 saturated carbocycles. The summed E-state index contributed by atoms with van der Waals surface area (Å²) >= 11 is 1.72. The Bertz CT molecular complexity index is 1190. The number of rotatable bonds is 9. The molecular weight excluding hydrogens is 418 g/mol. The molecule has 5 nitrogen and oxygen atoms in total. The predicted molar refractivity (Wildman–Crippen MR) is 129 cm³/mol. The van der Waals surface area contributed by atoms with Gasteiger partial charge in [-0.1, -0.05) is 42.5 Å².